The fraction of sp³-hybridized carbons (Fsp3) is 0.714. The van der Waals surface area contributed by atoms with Crippen LogP contribution in [0.2, 0.25) is 0 Å². The highest BCUT2D eigenvalue weighted by atomic mass is 31.1. The molecule has 1 N–H and O–H groups in total. The first-order chi connectivity index (χ1) is 4.35. The van der Waals surface area contributed by atoms with Crippen LogP contribution in [0, 0.1) is 11.1 Å². The molecule has 2 aliphatic rings. The molecule has 2 aliphatic carbocycles. The van der Waals surface area contributed by atoms with Crippen LogP contribution in [0.5, 0.6) is 0 Å². The number of fused-ring (bicyclic) bond motifs is 2. The van der Waals surface area contributed by atoms with Crippen molar-refractivity contribution in [2.24, 2.45) is 5.92 Å². The van der Waals surface area contributed by atoms with E-state index in [0.29, 0.717) is 5.16 Å². The first-order valence-electron chi connectivity index (χ1n) is 3.43. The minimum absolute atomic E-state index is 0.310. The quantitative estimate of drug-likeness (QED) is 0.426. The van der Waals surface area contributed by atoms with Gasteiger partial charge in [-0.2, -0.15) is 0 Å². The van der Waals surface area contributed by atoms with Crippen LogP contribution in [0.25, 0.3) is 0 Å². The Morgan fingerprint density at radius 3 is 2.78 bits per heavy atom. The van der Waals surface area contributed by atoms with E-state index in [2.05, 4.69) is 12.2 Å². The normalized spacial score (nSPS) is 46.9. The molecule has 0 aliphatic heterocycles. The molecule has 0 spiro atoms. The van der Waals surface area contributed by atoms with E-state index in [1.165, 1.54) is 19.3 Å². The topological polar surface area (TPSA) is 23.9 Å². The number of hydrogen-bond acceptors (Lipinski definition) is 1. The van der Waals surface area contributed by atoms with Crippen LogP contribution in [0.1, 0.15) is 19.3 Å². The molecule has 0 aromatic rings. The fourth-order valence-electron chi connectivity index (χ4n) is 1.86. The standard InChI is InChI=1S/C7H10NP/c8-9-7-3-1-6(5-7)2-4-7/h1,3,6,8H,2,4-5H2. The predicted octanol–water partition coefficient (Wildman–Crippen LogP) is 2.80. The summed E-state index contributed by atoms with van der Waals surface area (Å²) in [4.78, 5) is 0. The number of nitrogens with one attached hydrogen (secondary N) is 1. The van der Waals surface area contributed by atoms with E-state index in [9.17, 15) is 0 Å². The zero-order valence-corrected chi connectivity index (χ0v) is 6.20. The Labute approximate surface area is 56.8 Å². The molecule has 0 saturated heterocycles. The van der Waals surface area contributed by atoms with Crippen molar-refractivity contribution in [2.75, 3.05) is 0 Å². The molecule has 0 aromatic carbocycles. The summed E-state index contributed by atoms with van der Waals surface area (Å²) in [5, 5.41) is 7.61. The third kappa shape index (κ3) is 0.679. The molecule has 9 heavy (non-hydrogen) atoms. The van der Waals surface area contributed by atoms with E-state index in [0.717, 1.165) is 14.3 Å². The fourth-order valence-corrected chi connectivity index (χ4v) is 2.59. The van der Waals surface area contributed by atoms with Gasteiger partial charge in [-0.05, 0) is 25.2 Å². The summed E-state index contributed by atoms with van der Waals surface area (Å²) in [6, 6.07) is 0. The van der Waals surface area contributed by atoms with Crippen molar-refractivity contribution in [2.45, 2.75) is 24.4 Å². The molecule has 2 rings (SSSR count). The van der Waals surface area contributed by atoms with Crippen LogP contribution in [-0.2, 0) is 0 Å². The van der Waals surface area contributed by atoms with Gasteiger partial charge in [-0.3, -0.25) is 5.16 Å². The van der Waals surface area contributed by atoms with Gasteiger partial charge in [0.05, 0.1) is 0 Å². The van der Waals surface area contributed by atoms with Crippen molar-refractivity contribution in [1.29, 1.82) is 5.16 Å². The summed E-state index contributed by atoms with van der Waals surface area (Å²) in [6.45, 7) is 0. The summed E-state index contributed by atoms with van der Waals surface area (Å²) in [6.07, 6.45) is 8.42. The van der Waals surface area contributed by atoms with E-state index in [4.69, 9.17) is 5.16 Å². The van der Waals surface area contributed by atoms with Crippen LogP contribution in [0.3, 0.4) is 0 Å². The average Bonchev–Trinajstić information content (AvgIpc) is 2.46. The lowest BCUT2D eigenvalue weighted by atomic mass is 10.1. The van der Waals surface area contributed by atoms with E-state index < -0.39 is 0 Å². The average molecular weight is 139 g/mol. The highest BCUT2D eigenvalue weighted by molar-refractivity contribution is 7.27. The molecular formula is C7H10NP. The Bertz CT molecular complexity index is 176. The molecule has 1 saturated carbocycles. The molecule has 0 radical (unpaired) electrons. The Morgan fingerprint density at radius 1 is 1.67 bits per heavy atom. The Morgan fingerprint density at radius 2 is 2.56 bits per heavy atom. The van der Waals surface area contributed by atoms with Crippen molar-refractivity contribution in [3.63, 3.8) is 0 Å². The van der Waals surface area contributed by atoms with E-state index >= 15 is 0 Å². The maximum absolute atomic E-state index is 7.30. The molecule has 1 nitrogen and oxygen atoms in total. The summed E-state index contributed by atoms with van der Waals surface area (Å²) in [5.41, 5.74) is 0. The van der Waals surface area contributed by atoms with Gasteiger partial charge in [-0.15, -0.1) is 0 Å². The third-order valence-electron chi connectivity index (χ3n) is 2.47. The summed E-state index contributed by atoms with van der Waals surface area (Å²) < 4.78 is 0. The van der Waals surface area contributed by atoms with Gasteiger partial charge in [-0.25, -0.2) is 0 Å². The maximum atomic E-state index is 7.30. The molecule has 2 heteroatoms. The number of allylic oxidation sites excluding steroid dienone is 2. The highest BCUT2D eigenvalue weighted by Gasteiger charge is 2.39. The minimum atomic E-state index is 0.310. The second kappa shape index (κ2) is 1.67. The smallest absolute Gasteiger partial charge is 0.0477 e. The van der Waals surface area contributed by atoms with Gasteiger partial charge >= 0.3 is 0 Å². The summed E-state index contributed by atoms with van der Waals surface area (Å²) in [7, 11) is 0.836. The SMILES string of the molecule is N=PC12C=CC(CC1)C2. The first kappa shape index (κ1) is 5.61. The highest BCUT2D eigenvalue weighted by Crippen LogP contribution is 2.50. The van der Waals surface area contributed by atoms with Crippen molar-refractivity contribution < 1.29 is 0 Å². The molecule has 1 fully saturated rings. The molecule has 0 heterocycles. The molecule has 48 valence electrons. The molecule has 0 aromatic heterocycles. The predicted molar refractivity (Wildman–Crippen MR) is 38.9 cm³/mol. The van der Waals surface area contributed by atoms with E-state index in [1.54, 1.807) is 0 Å². The molecule has 0 amide bonds. The lowest BCUT2D eigenvalue weighted by Crippen LogP contribution is -2.08. The molecule has 2 bridgehead atoms. The van der Waals surface area contributed by atoms with Crippen molar-refractivity contribution in [3.05, 3.63) is 12.2 Å². The van der Waals surface area contributed by atoms with Crippen molar-refractivity contribution in [1.82, 2.24) is 0 Å². The summed E-state index contributed by atoms with van der Waals surface area (Å²) in [5.74, 6) is 0.836. The zero-order chi connectivity index (χ0) is 6.32. The number of hydrogen-bond donors (Lipinski definition) is 1. The largest absolute Gasteiger partial charge is 0.283 e. The van der Waals surface area contributed by atoms with Crippen molar-refractivity contribution in [3.8, 4) is 0 Å². The van der Waals surface area contributed by atoms with Gasteiger partial charge in [0.1, 0.15) is 0 Å². The van der Waals surface area contributed by atoms with Crippen LogP contribution >= 0.6 is 8.37 Å². The lowest BCUT2D eigenvalue weighted by Gasteiger charge is -2.13. The van der Waals surface area contributed by atoms with Crippen LogP contribution in [0.15, 0.2) is 12.2 Å². The lowest BCUT2D eigenvalue weighted by molar-refractivity contribution is 0.699. The van der Waals surface area contributed by atoms with Crippen LogP contribution < -0.4 is 0 Å². The van der Waals surface area contributed by atoms with Gasteiger partial charge in [0.25, 0.3) is 0 Å². The number of rotatable bonds is 1. The van der Waals surface area contributed by atoms with Gasteiger partial charge in [0.2, 0.25) is 0 Å². The Hall–Kier alpha value is -0.160. The maximum Gasteiger partial charge on any atom is 0.0477 e. The molecule has 2 atom stereocenters. The zero-order valence-electron chi connectivity index (χ0n) is 5.30. The second-order valence-corrected chi connectivity index (χ2v) is 4.19. The van der Waals surface area contributed by atoms with Crippen molar-refractivity contribution >= 4 is 8.37 Å². The Kier molecular flexibility index (Phi) is 1.04. The van der Waals surface area contributed by atoms with Gasteiger partial charge in [0, 0.05) is 13.5 Å². The minimum Gasteiger partial charge on any atom is -0.283 e. The van der Waals surface area contributed by atoms with E-state index in [1.807, 2.05) is 0 Å². The molecular weight excluding hydrogens is 129 g/mol. The first-order valence-corrected chi connectivity index (χ1v) is 4.32. The summed E-state index contributed by atoms with van der Waals surface area (Å²) >= 11 is 0. The van der Waals surface area contributed by atoms with Gasteiger partial charge in [-0.1, -0.05) is 12.2 Å². The molecule has 2 unspecified atom stereocenters. The van der Waals surface area contributed by atoms with Gasteiger partial charge < -0.3 is 0 Å². The Balaban J connectivity index is 2.33. The van der Waals surface area contributed by atoms with Crippen LogP contribution in [0.4, 0.5) is 0 Å². The monoisotopic (exact) mass is 139 g/mol. The third-order valence-corrected chi connectivity index (χ3v) is 3.47. The van der Waals surface area contributed by atoms with Gasteiger partial charge in [0.15, 0.2) is 0 Å². The van der Waals surface area contributed by atoms with Crippen LogP contribution in [-0.4, -0.2) is 5.16 Å². The van der Waals surface area contributed by atoms with E-state index in [-0.39, 0.29) is 0 Å². The second-order valence-electron chi connectivity index (χ2n) is 3.08.